The molecular formula is C23H26N6O2. The van der Waals surface area contributed by atoms with Crippen molar-refractivity contribution in [1.82, 2.24) is 24.3 Å². The van der Waals surface area contributed by atoms with E-state index in [4.69, 9.17) is 0 Å². The number of piperidine rings is 1. The second-order valence-electron chi connectivity index (χ2n) is 8.57. The van der Waals surface area contributed by atoms with Crippen LogP contribution in [0, 0.1) is 12.8 Å². The van der Waals surface area contributed by atoms with Gasteiger partial charge in [-0.2, -0.15) is 5.10 Å². The van der Waals surface area contributed by atoms with Gasteiger partial charge in [0, 0.05) is 37.9 Å². The summed E-state index contributed by atoms with van der Waals surface area (Å²) in [5.41, 5.74) is 2.18. The standard InChI is InChI=1S/C23H26N6O2/c1-3-16-10-24-23(25-11-16)27-9-8-18-13-28-20(19(18)14-27)26-29(22(31)21(28)30)12-17-6-4-15(2)5-7-17/h4-7,10-11,18-19H,3,8-9,12-14H2,1-2H3/t18-,19-/m0/s1. The van der Waals surface area contributed by atoms with Gasteiger partial charge in [-0.25, -0.2) is 14.6 Å². The third-order valence-corrected chi connectivity index (χ3v) is 6.50. The Morgan fingerprint density at radius 2 is 1.74 bits per heavy atom. The van der Waals surface area contributed by atoms with E-state index in [0.717, 1.165) is 36.1 Å². The van der Waals surface area contributed by atoms with Crippen molar-refractivity contribution >= 4 is 5.95 Å². The summed E-state index contributed by atoms with van der Waals surface area (Å²) in [6.45, 7) is 6.50. The summed E-state index contributed by atoms with van der Waals surface area (Å²) in [6.07, 6.45) is 5.57. The molecule has 2 atom stereocenters. The van der Waals surface area contributed by atoms with E-state index < -0.39 is 11.1 Å². The number of aryl methyl sites for hydroxylation is 2. The number of anilines is 1. The zero-order chi connectivity index (χ0) is 21.5. The van der Waals surface area contributed by atoms with Gasteiger partial charge < -0.3 is 4.90 Å². The van der Waals surface area contributed by atoms with Crippen LogP contribution in [0.5, 0.6) is 0 Å². The minimum Gasteiger partial charge on any atom is -0.340 e. The summed E-state index contributed by atoms with van der Waals surface area (Å²) >= 11 is 0. The molecule has 2 aliphatic heterocycles. The van der Waals surface area contributed by atoms with Crippen molar-refractivity contribution in [3.8, 4) is 0 Å². The minimum atomic E-state index is -0.557. The smallest absolute Gasteiger partial charge is 0.332 e. The maximum atomic E-state index is 12.8. The van der Waals surface area contributed by atoms with Gasteiger partial charge >= 0.3 is 11.1 Å². The molecule has 1 saturated heterocycles. The molecule has 1 fully saturated rings. The van der Waals surface area contributed by atoms with E-state index in [9.17, 15) is 9.59 Å². The molecule has 4 heterocycles. The van der Waals surface area contributed by atoms with Gasteiger partial charge in [-0.15, -0.1) is 0 Å². The highest BCUT2D eigenvalue weighted by atomic mass is 16.2. The third kappa shape index (κ3) is 3.56. The summed E-state index contributed by atoms with van der Waals surface area (Å²) in [5.74, 6) is 1.81. The molecule has 2 aromatic heterocycles. The second-order valence-corrected chi connectivity index (χ2v) is 8.57. The molecule has 2 aliphatic rings. The fraction of sp³-hybridized carbons (Fsp3) is 0.435. The van der Waals surface area contributed by atoms with E-state index in [1.165, 1.54) is 4.68 Å². The molecule has 0 bridgehead atoms. The van der Waals surface area contributed by atoms with Gasteiger partial charge in [0.05, 0.1) is 6.54 Å². The lowest BCUT2D eigenvalue weighted by Crippen LogP contribution is -2.44. The van der Waals surface area contributed by atoms with E-state index in [1.54, 1.807) is 4.57 Å². The first-order valence-electron chi connectivity index (χ1n) is 10.9. The van der Waals surface area contributed by atoms with Crippen molar-refractivity contribution in [2.75, 3.05) is 18.0 Å². The topological polar surface area (TPSA) is 85.9 Å². The Kier molecular flexibility index (Phi) is 4.92. The van der Waals surface area contributed by atoms with Crippen LogP contribution in [0.15, 0.2) is 46.2 Å². The molecule has 8 nitrogen and oxygen atoms in total. The largest absolute Gasteiger partial charge is 0.340 e. The molecule has 0 amide bonds. The Balaban J connectivity index is 1.45. The normalized spacial score (nSPS) is 19.9. The SMILES string of the molecule is CCc1cnc(N2CC[C@H]3Cn4c(nn(Cc5ccc(C)cc5)c(=O)c4=O)[C@H]3C2)nc1. The lowest BCUT2D eigenvalue weighted by atomic mass is 9.88. The Labute approximate surface area is 180 Å². The summed E-state index contributed by atoms with van der Waals surface area (Å²) in [5, 5.41) is 4.67. The van der Waals surface area contributed by atoms with E-state index in [0.29, 0.717) is 37.3 Å². The Morgan fingerprint density at radius 3 is 2.45 bits per heavy atom. The van der Waals surface area contributed by atoms with Crippen LogP contribution in [0.25, 0.3) is 0 Å². The van der Waals surface area contributed by atoms with E-state index in [-0.39, 0.29) is 5.92 Å². The summed E-state index contributed by atoms with van der Waals surface area (Å²) in [6, 6.07) is 7.94. The Morgan fingerprint density at radius 1 is 1.00 bits per heavy atom. The lowest BCUT2D eigenvalue weighted by molar-refractivity contribution is 0.360. The van der Waals surface area contributed by atoms with Crippen LogP contribution in [-0.2, 0) is 19.5 Å². The third-order valence-electron chi connectivity index (χ3n) is 6.50. The fourth-order valence-electron chi connectivity index (χ4n) is 4.60. The van der Waals surface area contributed by atoms with Crippen molar-refractivity contribution in [2.24, 2.45) is 5.92 Å². The van der Waals surface area contributed by atoms with Gasteiger partial charge in [-0.1, -0.05) is 36.8 Å². The minimum absolute atomic E-state index is 0.0840. The molecule has 3 aromatic rings. The second kappa shape index (κ2) is 7.76. The number of fused-ring (bicyclic) bond motifs is 3. The number of hydrogen-bond donors (Lipinski definition) is 0. The average molecular weight is 419 g/mol. The number of nitrogens with zero attached hydrogens (tertiary/aromatic N) is 6. The first-order chi connectivity index (χ1) is 15.0. The Bertz CT molecular complexity index is 1210. The predicted molar refractivity (Wildman–Crippen MR) is 118 cm³/mol. The average Bonchev–Trinajstić information content (AvgIpc) is 3.17. The summed E-state index contributed by atoms with van der Waals surface area (Å²) in [4.78, 5) is 36.7. The van der Waals surface area contributed by atoms with Crippen molar-refractivity contribution in [3.05, 3.63) is 79.9 Å². The maximum absolute atomic E-state index is 12.8. The van der Waals surface area contributed by atoms with Crippen LogP contribution in [0.1, 0.15) is 41.8 Å². The molecule has 0 radical (unpaired) electrons. The van der Waals surface area contributed by atoms with Gasteiger partial charge in [0.15, 0.2) is 0 Å². The van der Waals surface area contributed by atoms with Gasteiger partial charge in [-0.05, 0) is 36.8 Å². The molecule has 0 spiro atoms. The highest BCUT2D eigenvalue weighted by molar-refractivity contribution is 5.33. The first-order valence-corrected chi connectivity index (χ1v) is 10.9. The molecule has 0 aliphatic carbocycles. The number of hydrogen-bond acceptors (Lipinski definition) is 6. The highest BCUT2D eigenvalue weighted by Crippen LogP contribution is 2.37. The van der Waals surface area contributed by atoms with Crippen LogP contribution in [0.3, 0.4) is 0 Å². The Hall–Kier alpha value is -3.29. The van der Waals surface area contributed by atoms with E-state index in [1.807, 2.05) is 43.6 Å². The van der Waals surface area contributed by atoms with Crippen molar-refractivity contribution in [3.63, 3.8) is 0 Å². The molecule has 5 rings (SSSR count). The molecule has 0 N–H and O–H groups in total. The molecular weight excluding hydrogens is 392 g/mol. The predicted octanol–water partition coefficient (Wildman–Crippen LogP) is 1.74. The molecule has 0 saturated carbocycles. The van der Waals surface area contributed by atoms with Crippen LogP contribution in [0.2, 0.25) is 0 Å². The first kappa shape index (κ1) is 19.7. The van der Waals surface area contributed by atoms with Gasteiger partial charge in [0.25, 0.3) is 0 Å². The molecule has 31 heavy (non-hydrogen) atoms. The van der Waals surface area contributed by atoms with Crippen LogP contribution < -0.4 is 16.0 Å². The van der Waals surface area contributed by atoms with Crippen LogP contribution in [-0.4, -0.2) is 37.4 Å². The lowest BCUT2D eigenvalue weighted by Gasteiger charge is -2.34. The van der Waals surface area contributed by atoms with E-state index in [2.05, 4.69) is 26.9 Å². The van der Waals surface area contributed by atoms with E-state index >= 15 is 0 Å². The highest BCUT2D eigenvalue weighted by Gasteiger charge is 2.40. The molecule has 1 aromatic carbocycles. The molecule has 8 heteroatoms. The monoisotopic (exact) mass is 418 g/mol. The summed E-state index contributed by atoms with van der Waals surface area (Å²) < 4.78 is 2.92. The molecule has 0 unspecified atom stereocenters. The van der Waals surface area contributed by atoms with Crippen molar-refractivity contribution in [2.45, 2.75) is 45.7 Å². The number of aromatic nitrogens is 5. The van der Waals surface area contributed by atoms with Crippen molar-refractivity contribution in [1.29, 1.82) is 0 Å². The van der Waals surface area contributed by atoms with Gasteiger partial charge in [0.2, 0.25) is 5.95 Å². The fourth-order valence-corrected chi connectivity index (χ4v) is 4.60. The number of rotatable bonds is 4. The zero-order valence-electron chi connectivity index (χ0n) is 17.9. The zero-order valence-corrected chi connectivity index (χ0v) is 17.9. The molecule has 160 valence electrons. The van der Waals surface area contributed by atoms with Crippen molar-refractivity contribution < 1.29 is 0 Å². The van der Waals surface area contributed by atoms with Gasteiger partial charge in [0.1, 0.15) is 5.82 Å². The maximum Gasteiger partial charge on any atom is 0.332 e. The number of benzene rings is 1. The van der Waals surface area contributed by atoms with Gasteiger partial charge in [-0.3, -0.25) is 14.2 Å². The summed E-state index contributed by atoms with van der Waals surface area (Å²) in [7, 11) is 0. The quantitative estimate of drug-likeness (QED) is 0.600. The van der Waals surface area contributed by atoms with Crippen LogP contribution >= 0.6 is 0 Å². The van der Waals surface area contributed by atoms with Crippen LogP contribution in [0.4, 0.5) is 5.95 Å².